The van der Waals surface area contributed by atoms with E-state index in [0.29, 0.717) is 13.1 Å². The van der Waals surface area contributed by atoms with Gasteiger partial charge in [-0.1, -0.05) is 19.4 Å². The Morgan fingerprint density at radius 2 is 2.00 bits per heavy atom. The molecular weight excluding hydrogens is 324 g/mol. The van der Waals surface area contributed by atoms with Gasteiger partial charge in [-0.3, -0.25) is 0 Å². The van der Waals surface area contributed by atoms with Crippen LogP contribution in [0.3, 0.4) is 0 Å². The number of aliphatic imine (C=N–C) groups is 1. The second-order valence-corrected chi connectivity index (χ2v) is 5.18. The number of carbonyl (C=O) groups excluding carboxylic acids is 3. The first kappa shape index (κ1) is 21.1. The molecule has 0 saturated heterocycles. The van der Waals surface area contributed by atoms with Crippen molar-refractivity contribution in [2.24, 2.45) is 4.99 Å². The fraction of sp³-hybridized carbons (Fsp3) is 0.667. The number of hydrogen-bond donors (Lipinski definition) is 1. The summed E-state index contributed by atoms with van der Waals surface area (Å²) in [5.74, 6) is -0.531. The van der Waals surface area contributed by atoms with E-state index in [1.54, 1.807) is 0 Å². The summed E-state index contributed by atoms with van der Waals surface area (Å²) in [6, 6.07) is 0. The Labute approximate surface area is 141 Å². The molecular formula is C15H23ClN2O5. The minimum atomic E-state index is -0.707. The molecule has 1 atom stereocenters. The topological polar surface area (TPSA) is 94.1 Å². The van der Waals surface area contributed by atoms with Crippen molar-refractivity contribution in [2.75, 3.05) is 25.6 Å². The Morgan fingerprint density at radius 1 is 1.30 bits per heavy atom. The lowest BCUT2D eigenvalue weighted by Gasteiger charge is -2.16. The van der Waals surface area contributed by atoms with Crippen molar-refractivity contribution in [3.63, 3.8) is 0 Å². The maximum atomic E-state index is 11.6. The highest BCUT2D eigenvalue weighted by Crippen LogP contribution is 2.02. The molecule has 23 heavy (non-hydrogen) atoms. The lowest BCUT2D eigenvalue weighted by atomic mass is 10.2. The molecule has 8 heteroatoms. The fourth-order valence-corrected chi connectivity index (χ4v) is 1.65. The number of carbonyl (C=O) groups is 2. The van der Waals surface area contributed by atoms with Crippen LogP contribution in [-0.4, -0.2) is 49.8 Å². The number of amides is 1. The van der Waals surface area contributed by atoms with Crippen LogP contribution in [0.25, 0.3) is 0 Å². The van der Waals surface area contributed by atoms with E-state index in [1.165, 1.54) is 13.0 Å². The minimum Gasteiger partial charge on any atom is -0.458 e. The highest BCUT2D eigenvalue weighted by Gasteiger charge is 2.16. The van der Waals surface area contributed by atoms with Crippen LogP contribution >= 0.6 is 11.6 Å². The van der Waals surface area contributed by atoms with Crippen LogP contribution in [0.5, 0.6) is 0 Å². The van der Waals surface area contributed by atoms with Crippen molar-refractivity contribution in [3.8, 4) is 0 Å². The highest BCUT2D eigenvalue weighted by atomic mass is 35.5. The van der Waals surface area contributed by atoms with Gasteiger partial charge in [-0.25, -0.2) is 19.4 Å². The van der Waals surface area contributed by atoms with Crippen molar-refractivity contribution in [1.82, 2.24) is 5.32 Å². The molecule has 0 rings (SSSR count). The predicted octanol–water partition coefficient (Wildman–Crippen LogP) is 2.34. The van der Waals surface area contributed by atoms with Gasteiger partial charge in [0.05, 0.1) is 12.4 Å². The van der Waals surface area contributed by atoms with E-state index < -0.39 is 18.2 Å². The van der Waals surface area contributed by atoms with Crippen LogP contribution in [0, 0.1) is 0 Å². The zero-order valence-electron chi connectivity index (χ0n) is 13.3. The van der Waals surface area contributed by atoms with Gasteiger partial charge in [0.15, 0.2) is 6.10 Å². The molecule has 0 heterocycles. The average molecular weight is 347 g/mol. The number of nitrogens with zero attached hydrogens (tertiary/aromatic N) is 1. The molecule has 130 valence electrons. The predicted molar refractivity (Wildman–Crippen MR) is 86.2 cm³/mol. The third-order valence-electron chi connectivity index (χ3n) is 2.73. The first-order valence-electron chi connectivity index (χ1n) is 7.38. The Balaban J connectivity index is 3.74. The van der Waals surface area contributed by atoms with Gasteiger partial charge in [0, 0.05) is 12.1 Å². The van der Waals surface area contributed by atoms with Crippen LogP contribution < -0.4 is 5.32 Å². The van der Waals surface area contributed by atoms with E-state index in [1.807, 2.05) is 0 Å². The van der Waals surface area contributed by atoms with Gasteiger partial charge in [0.1, 0.15) is 6.61 Å². The average Bonchev–Trinajstić information content (AvgIpc) is 2.53. The maximum Gasteiger partial charge on any atom is 0.407 e. The molecule has 0 aliphatic heterocycles. The standard InChI is InChI=1S/C15H23ClN2O5/c1-12(2)14(20)22-10-13(9-16)23-15(21)18-8-6-4-3-5-7-17-11-19/h13H,1,3-10H2,2H3,(H,18,21). The van der Waals surface area contributed by atoms with Gasteiger partial charge in [0.25, 0.3) is 0 Å². The summed E-state index contributed by atoms with van der Waals surface area (Å²) in [5.41, 5.74) is 0.265. The summed E-state index contributed by atoms with van der Waals surface area (Å²) in [7, 11) is 0. The molecule has 0 aliphatic rings. The number of rotatable bonds is 12. The number of alkyl halides is 1. The second-order valence-electron chi connectivity index (χ2n) is 4.87. The molecule has 7 nitrogen and oxygen atoms in total. The number of alkyl carbamates (subject to hydrolysis) is 1. The number of hydrogen-bond acceptors (Lipinski definition) is 6. The Bertz CT molecular complexity index is 436. The first-order chi connectivity index (χ1) is 11.0. The number of isocyanates is 1. The fourth-order valence-electron chi connectivity index (χ4n) is 1.50. The largest absolute Gasteiger partial charge is 0.458 e. The van der Waals surface area contributed by atoms with Gasteiger partial charge in [-0.15, -0.1) is 11.6 Å². The van der Waals surface area contributed by atoms with Crippen molar-refractivity contribution < 1.29 is 23.9 Å². The quantitative estimate of drug-likeness (QED) is 0.146. The smallest absolute Gasteiger partial charge is 0.407 e. The van der Waals surface area contributed by atoms with E-state index in [9.17, 15) is 14.4 Å². The van der Waals surface area contributed by atoms with Crippen LogP contribution in [-0.2, 0) is 19.1 Å². The molecule has 0 aromatic heterocycles. The molecule has 0 fully saturated rings. The molecule has 0 aliphatic carbocycles. The van der Waals surface area contributed by atoms with Crippen LogP contribution in [0.15, 0.2) is 17.1 Å². The van der Waals surface area contributed by atoms with Crippen LogP contribution in [0.2, 0.25) is 0 Å². The zero-order chi connectivity index (χ0) is 17.5. The van der Waals surface area contributed by atoms with Crippen molar-refractivity contribution >= 4 is 29.7 Å². The molecule has 1 unspecified atom stereocenters. The third kappa shape index (κ3) is 12.4. The van der Waals surface area contributed by atoms with Crippen LogP contribution in [0.4, 0.5) is 4.79 Å². The van der Waals surface area contributed by atoms with Gasteiger partial charge in [-0.2, -0.15) is 0 Å². The van der Waals surface area contributed by atoms with Crippen molar-refractivity contribution in [2.45, 2.75) is 38.7 Å². The second kappa shape index (κ2) is 13.8. The van der Waals surface area contributed by atoms with Crippen LogP contribution in [0.1, 0.15) is 32.6 Å². The summed E-state index contributed by atoms with van der Waals surface area (Å²) >= 11 is 5.66. The van der Waals surface area contributed by atoms with E-state index >= 15 is 0 Å². The molecule has 0 aromatic carbocycles. The SMILES string of the molecule is C=C(C)C(=O)OCC(CCl)OC(=O)NCCCCCCN=C=O. The maximum absolute atomic E-state index is 11.6. The summed E-state index contributed by atoms with van der Waals surface area (Å²) in [4.78, 5) is 36.1. The van der Waals surface area contributed by atoms with Gasteiger partial charge >= 0.3 is 12.1 Å². The Hall–Kier alpha value is -1.85. The first-order valence-corrected chi connectivity index (χ1v) is 7.91. The van der Waals surface area contributed by atoms with E-state index in [2.05, 4.69) is 16.9 Å². The molecule has 0 spiro atoms. The summed E-state index contributed by atoms with van der Waals surface area (Å²) in [5, 5.41) is 2.60. The Kier molecular flexibility index (Phi) is 12.7. The lowest BCUT2D eigenvalue weighted by Crippen LogP contribution is -2.33. The highest BCUT2D eigenvalue weighted by molar-refractivity contribution is 6.18. The van der Waals surface area contributed by atoms with Crippen molar-refractivity contribution in [1.29, 1.82) is 0 Å². The van der Waals surface area contributed by atoms with E-state index in [4.69, 9.17) is 21.1 Å². The third-order valence-corrected chi connectivity index (χ3v) is 3.07. The number of ether oxygens (including phenoxy) is 2. The van der Waals surface area contributed by atoms with E-state index in [-0.39, 0.29) is 18.1 Å². The minimum absolute atomic E-state index is 0.0220. The van der Waals surface area contributed by atoms with Crippen molar-refractivity contribution in [3.05, 3.63) is 12.2 Å². The molecule has 0 aromatic rings. The number of esters is 1. The summed E-state index contributed by atoms with van der Waals surface area (Å²) < 4.78 is 9.93. The molecule has 1 amide bonds. The lowest BCUT2D eigenvalue weighted by molar-refractivity contribution is -0.141. The molecule has 1 N–H and O–H groups in total. The summed E-state index contributed by atoms with van der Waals surface area (Å²) in [6.07, 6.45) is 3.61. The molecule has 0 saturated carbocycles. The molecule has 0 bridgehead atoms. The zero-order valence-corrected chi connectivity index (χ0v) is 14.1. The molecule has 0 radical (unpaired) electrons. The van der Waals surface area contributed by atoms with Gasteiger partial charge in [-0.05, 0) is 19.8 Å². The number of nitrogens with one attached hydrogen (secondary N) is 1. The number of unbranched alkanes of at least 4 members (excludes halogenated alkanes) is 3. The summed E-state index contributed by atoms with van der Waals surface area (Å²) in [6.45, 7) is 5.82. The number of halogens is 1. The van der Waals surface area contributed by atoms with E-state index in [0.717, 1.165) is 25.7 Å². The normalized spacial score (nSPS) is 11.0. The van der Waals surface area contributed by atoms with Gasteiger partial charge < -0.3 is 14.8 Å². The Morgan fingerprint density at radius 3 is 2.61 bits per heavy atom. The van der Waals surface area contributed by atoms with Gasteiger partial charge in [0.2, 0.25) is 6.08 Å². The monoisotopic (exact) mass is 346 g/mol.